The minimum Gasteiger partial charge on any atom is -0.435 e. The third-order valence-corrected chi connectivity index (χ3v) is 5.36. The summed E-state index contributed by atoms with van der Waals surface area (Å²) < 4.78 is 29.5. The van der Waals surface area contributed by atoms with Crippen molar-refractivity contribution in [3.05, 3.63) is 42.0 Å². The highest BCUT2D eigenvalue weighted by Gasteiger charge is 2.17. The molecule has 2 heterocycles. The summed E-state index contributed by atoms with van der Waals surface area (Å²) in [5.74, 6) is -0.174. The van der Waals surface area contributed by atoms with Crippen LogP contribution in [-0.4, -0.2) is 27.7 Å². The van der Waals surface area contributed by atoms with Gasteiger partial charge in [0.15, 0.2) is 0 Å². The molecule has 9 heteroatoms. The van der Waals surface area contributed by atoms with Crippen LogP contribution >= 0.6 is 23.1 Å². The summed E-state index contributed by atoms with van der Waals surface area (Å²) in [5, 5.41) is 5.03. The number of nitrogens with one attached hydrogen (secondary N) is 1. The second-order valence-corrected chi connectivity index (χ2v) is 7.21. The number of carbonyl (C=O) groups excluding carboxylic acids is 1. The van der Waals surface area contributed by atoms with Crippen molar-refractivity contribution in [1.29, 1.82) is 0 Å². The summed E-state index contributed by atoms with van der Waals surface area (Å²) in [6, 6.07) is 7.67. The third kappa shape index (κ3) is 4.43. The van der Waals surface area contributed by atoms with Crippen LogP contribution in [0.25, 0.3) is 10.2 Å². The van der Waals surface area contributed by atoms with Crippen LogP contribution in [0, 0.1) is 0 Å². The summed E-state index contributed by atoms with van der Waals surface area (Å²) in [6.07, 6.45) is 1.48. The van der Waals surface area contributed by atoms with E-state index in [-0.39, 0.29) is 11.7 Å². The molecule has 5 nitrogen and oxygen atoms in total. The molecule has 1 amide bonds. The number of rotatable bonds is 6. The number of thioether (sulfide) groups is 1. The molecule has 0 saturated heterocycles. The lowest BCUT2D eigenvalue weighted by Gasteiger charge is -2.12. The van der Waals surface area contributed by atoms with Crippen molar-refractivity contribution in [3.8, 4) is 5.75 Å². The molecule has 1 aromatic carbocycles. The van der Waals surface area contributed by atoms with Gasteiger partial charge in [0.2, 0.25) is 5.91 Å². The first kappa shape index (κ1) is 17.6. The molecule has 0 spiro atoms. The van der Waals surface area contributed by atoms with Crippen molar-refractivity contribution >= 4 is 44.9 Å². The Hall–Kier alpha value is -2.26. The third-order valence-electron chi connectivity index (χ3n) is 3.22. The molecule has 1 N–H and O–H groups in total. The molecular formula is C16H13F2N3O2S2. The SMILES string of the molecule is CC(Sc1ncnc2ccsc12)C(=O)Nc1ccc(OC(F)F)cc1. The number of amides is 1. The molecule has 0 aliphatic rings. The number of anilines is 1. The molecule has 3 aromatic rings. The lowest BCUT2D eigenvalue weighted by atomic mass is 10.3. The van der Waals surface area contributed by atoms with Crippen LogP contribution in [0.3, 0.4) is 0 Å². The fourth-order valence-corrected chi connectivity index (χ4v) is 3.87. The molecule has 0 fully saturated rings. The van der Waals surface area contributed by atoms with Gasteiger partial charge in [-0.2, -0.15) is 8.78 Å². The van der Waals surface area contributed by atoms with Gasteiger partial charge in [0.25, 0.3) is 0 Å². The smallest absolute Gasteiger partial charge is 0.387 e. The van der Waals surface area contributed by atoms with E-state index in [4.69, 9.17) is 0 Å². The minimum absolute atomic E-state index is 0.0384. The molecule has 1 unspecified atom stereocenters. The Labute approximate surface area is 150 Å². The van der Waals surface area contributed by atoms with E-state index in [1.54, 1.807) is 6.92 Å². The number of thiophene rings is 1. The molecule has 0 saturated carbocycles. The van der Waals surface area contributed by atoms with Gasteiger partial charge in [0.1, 0.15) is 17.1 Å². The predicted molar refractivity (Wildman–Crippen MR) is 94.4 cm³/mol. The number of hydrogen-bond acceptors (Lipinski definition) is 6. The van der Waals surface area contributed by atoms with Crippen LogP contribution in [-0.2, 0) is 4.79 Å². The van der Waals surface area contributed by atoms with Gasteiger partial charge in [-0.05, 0) is 42.6 Å². The topological polar surface area (TPSA) is 64.1 Å². The average molecular weight is 381 g/mol. The Morgan fingerprint density at radius 2 is 2.00 bits per heavy atom. The van der Waals surface area contributed by atoms with Crippen molar-refractivity contribution in [2.75, 3.05) is 5.32 Å². The van der Waals surface area contributed by atoms with E-state index in [9.17, 15) is 13.6 Å². The highest BCUT2D eigenvalue weighted by atomic mass is 32.2. The second kappa shape index (κ2) is 7.75. The zero-order valence-corrected chi connectivity index (χ0v) is 14.6. The van der Waals surface area contributed by atoms with Crippen LogP contribution in [0.4, 0.5) is 14.5 Å². The second-order valence-electron chi connectivity index (χ2n) is 4.97. The number of alkyl halides is 2. The van der Waals surface area contributed by atoms with E-state index in [2.05, 4.69) is 20.0 Å². The number of hydrogen-bond donors (Lipinski definition) is 1. The normalized spacial score (nSPS) is 12.3. The Bertz CT molecular complexity index is 871. The van der Waals surface area contributed by atoms with Crippen molar-refractivity contribution in [1.82, 2.24) is 9.97 Å². The van der Waals surface area contributed by atoms with Gasteiger partial charge in [-0.1, -0.05) is 11.8 Å². The minimum atomic E-state index is -2.88. The maximum absolute atomic E-state index is 12.3. The van der Waals surface area contributed by atoms with E-state index in [0.29, 0.717) is 5.69 Å². The van der Waals surface area contributed by atoms with Crippen LogP contribution in [0.15, 0.2) is 47.1 Å². The van der Waals surface area contributed by atoms with E-state index in [1.165, 1.54) is 53.7 Å². The van der Waals surface area contributed by atoms with Crippen LogP contribution in [0.5, 0.6) is 5.75 Å². The molecule has 1 atom stereocenters. The lowest BCUT2D eigenvalue weighted by molar-refractivity contribution is -0.115. The number of nitrogens with zero attached hydrogens (tertiary/aromatic N) is 2. The van der Waals surface area contributed by atoms with E-state index < -0.39 is 11.9 Å². The Morgan fingerprint density at radius 3 is 2.72 bits per heavy atom. The molecule has 3 rings (SSSR count). The maximum atomic E-state index is 12.3. The van der Waals surface area contributed by atoms with Crippen molar-refractivity contribution in [2.24, 2.45) is 0 Å². The number of ether oxygens (including phenoxy) is 1. The van der Waals surface area contributed by atoms with Crippen LogP contribution in [0.2, 0.25) is 0 Å². The van der Waals surface area contributed by atoms with E-state index in [1.807, 2.05) is 11.4 Å². The van der Waals surface area contributed by atoms with Gasteiger partial charge in [0, 0.05) is 5.69 Å². The molecule has 2 aromatic heterocycles. The van der Waals surface area contributed by atoms with Crippen LogP contribution < -0.4 is 10.1 Å². The average Bonchev–Trinajstić information content (AvgIpc) is 3.06. The summed E-state index contributed by atoms with van der Waals surface area (Å²) >= 11 is 2.87. The Morgan fingerprint density at radius 1 is 1.24 bits per heavy atom. The largest absolute Gasteiger partial charge is 0.435 e. The molecule has 0 aliphatic heterocycles. The first-order chi connectivity index (χ1) is 12.0. The molecule has 25 heavy (non-hydrogen) atoms. The molecule has 0 radical (unpaired) electrons. The summed E-state index contributed by atoms with van der Waals surface area (Å²) in [6.45, 7) is -1.10. The summed E-state index contributed by atoms with van der Waals surface area (Å²) in [7, 11) is 0. The van der Waals surface area contributed by atoms with Crippen molar-refractivity contribution in [3.63, 3.8) is 0 Å². The molecule has 0 bridgehead atoms. The number of benzene rings is 1. The molecule has 0 aliphatic carbocycles. The van der Waals surface area contributed by atoms with Gasteiger partial charge in [-0.25, -0.2) is 9.97 Å². The Kier molecular flexibility index (Phi) is 5.44. The van der Waals surface area contributed by atoms with Crippen molar-refractivity contribution in [2.45, 2.75) is 23.8 Å². The quantitative estimate of drug-likeness (QED) is 0.506. The Balaban J connectivity index is 1.63. The van der Waals surface area contributed by atoms with Gasteiger partial charge in [0.05, 0.1) is 15.5 Å². The first-order valence-electron chi connectivity index (χ1n) is 7.23. The predicted octanol–water partition coefficient (Wildman–Crippen LogP) is 4.41. The van der Waals surface area contributed by atoms with Gasteiger partial charge < -0.3 is 10.1 Å². The number of aromatic nitrogens is 2. The summed E-state index contributed by atoms with van der Waals surface area (Å²) in [5.41, 5.74) is 1.35. The van der Waals surface area contributed by atoms with Gasteiger partial charge in [-0.3, -0.25) is 4.79 Å². The number of fused-ring (bicyclic) bond motifs is 1. The highest BCUT2D eigenvalue weighted by Crippen LogP contribution is 2.31. The van der Waals surface area contributed by atoms with Gasteiger partial charge in [-0.15, -0.1) is 11.3 Å². The summed E-state index contributed by atoms with van der Waals surface area (Å²) in [4.78, 5) is 20.7. The number of carbonyl (C=O) groups is 1. The molecule has 130 valence electrons. The number of halogens is 2. The maximum Gasteiger partial charge on any atom is 0.387 e. The zero-order chi connectivity index (χ0) is 17.8. The van der Waals surface area contributed by atoms with Gasteiger partial charge >= 0.3 is 6.61 Å². The fourth-order valence-electron chi connectivity index (χ4n) is 2.03. The van der Waals surface area contributed by atoms with Crippen molar-refractivity contribution < 1.29 is 18.3 Å². The molecular weight excluding hydrogens is 368 g/mol. The van der Waals surface area contributed by atoms with E-state index in [0.717, 1.165) is 15.2 Å². The van der Waals surface area contributed by atoms with Crippen LogP contribution in [0.1, 0.15) is 6.92 Å². The lowest BCUT2D eigenvalue weighted by Crippen LogP contribution is -2.22. The van der Waals surface area contributed by atoms with E-state index >= 15 is 0 Å². The standard InChI is InChI=1S/C16H13F2N3O2S2/c1-9(25-15-13-12(6-7-24-13)19-8-20-15)14(22)21-10-2-4-11(5-3-10)23-16(17)18/h2-9,16H,1H3,(H,21,22). The monoisotopic (exact) mass is 381 g/mol. The highest BCUT2D eigenvalue weighted by molar-refractivity contribution is 8.00. The first-order valence-corrected chi connectivity index (χ1v) is 8.99. The zero-order valence-electron chi connectivity index (χ0n) is 13.0. The fraction of sp³-hybridized carbons (Fsp3) is 0.188.